The minimum Gasteiger partial charge on any atom is -0.347 e. The van der Waals surface area contributed by atoms with Crippen LogP contribution in [0.25, 0.3) is 11.4 Å². The van der Waals surface area contributed by atoms with Crippen LogP contribution in [0.5, 0.6) is 0 Å². The molecule has 1 atom stereocenters. The third-order valence-electron chi connectivity index (χ3n) is 7.07. The lowest BCUT2D eigenvalue weighted by molar-refractivity contribution is 0.0556. The number of aromatic nitrogens is 2. The largest absolute Gasteiger partial charge is 0.347 e. The number of hydrogen-bond acceptors (Lipinski definition) is 5. The fourth-order valence-corrected chi connectivity index (χ4v) is 5.72. The quantitative estimate of drug-likeness (QED) is 0.531. The number of amides is 2. The summed E-state index contributed by atoms with van der Waals surface area (Å²) in [5, 5.41) is 7.14. The summed E-state index contributed by atoms with van der Waals surface area (Å²) < 4.78 is 18.8. The van der Waals surface area contributed by atoms with E-state index in [1.165, 1.54) is 24.6 Å². The Morgan fingerprint density at radius 1 is 1.09 bits per heavy atom. The van der Waals surface area contributed by atoms with Gasteiger partial charge >= 0.3 is 0 Å². The summed E-state index contributed by atoms with van der Waals surface area (Å²) in [6.45, 7) is 0.364. The standard InChI is InChI=1S/C26H26ClFN4O3/c27-20-11-19(12-21(28)13-20)25(34)32-15-22(14-26(32)8-3-1-2-4-9-26)30-24(33)18-7-5-6-17(10-18)23-29-16-35-31-23/h5-7,10-13,16,22H,1-4,8-9,14-15H2,(H,30,33). The van der Waals surface area contributed by atoms with Crippen molar-refractivity contribution in [2.24, 2.45) is 0 Å². The molecule has 35 heavy (non-hydrogen) atoms. The summed E-state index contributed by atoms with van der Waals surface area (Å²) in [5.41, 5.74) is 1.02. The van der Waals surface area contributed by atoms with Gasteiger partial charge in [0.2, 0.25) is 12.2 Å². The van der Waals surface area contributed by atoms with Crippen molar-refractivity contribution in [2.45, 2.75) is 56.5 Å². The number of nitrogens with zero attached hydrogens (tertiary/aromatic N) is 3. The highest BCUT2D eigenvalue weighted by Crippen LogP contribution is 2.42. The van der Waals surface area contributed by atoms with Crippen LogP contribution in [-0.4, -0.2) is 45.0 Å². The molecule has 1 saturated heterocycles. The van der Waals surface area contributed by atoms with Crippen molar-refractivity contribution in [1.29, 1.82) is 0 Å². The van der Waals surface area contributed by atoms with E-state index in [-0.39, 0.29) is 34.0 Å². The van der Waals surface area contributed by atoms with Crippen molar-refractivity contribution >= 4 is 23.4 Å². The summed E-state index contributed by atoms with van der Waals surface area (Å²) in [5.74, 6) is -0.610. The van der Waals surface area contributed by atoms with Crippen LogP contribution in [0.3, 0.4) is 0 Å². The lowest BCUT2D eigenvalue weighted by atomic mass is 9.86. The van der Waals surface area contributed by atoms with Crippen LogP contribution in [0.4, 0.5) is 4.39 Å². The molecule has 3 aromatic rings. The van der Waals surface area contributed by atoms with Gasteiger partial charge in [0, 0.05) is 39.8 Å². The normalized spacial score (nSPS) is 19.5. The fraction of sp³-hybridized carbons (Fsp3) is 0.385. The maximum atomic E-state index is 14.0. The molecule has 1 aliphatic heterocycles. The van der Waals surface area contributed by atoms with Gasteiger partial charge in [0.25, 0.3) is 11.8 Å². The Bertz CT molecular complexity index is 1200. The molecule has 1 spiro atoms. The van der Waals surface area contributed by atoms with Gasteiger partial charge < -0.3 is 14.7 Å². The molecule has 1 aromatic heterocycles. The zero-order valence-corrected chi connectivity index (χ0v) is 19.9. The lowest BCUT2D eigenvalue weighted by Gasteiger charge is -2.38. The third-order valence-corrected chi connectivity index (χ3v) is 7.29. The highest BCUT2D eigenvalue weighted by molar-refractivity contribution is 6.31. The second-order valence-corrected chi connectivity index (χ2v) is 9.86. The topological polar surface area (TPSA) is 88.3 Å². The maximum absolute atomic E-state index is 14.0. The summed E-state index contributed by atoms with van der Waals surface area (Å²) in [7, 11) is 0. The van der Waals surface area contributed by atoms with Crippen LogP contribution >= 0.6 is 11.6 Å². The van der Waals surface area contributed by atoms with Gasteiger partial charge in [-0.05, 0) is 49.6 Å². The van der Waals surface area contributed by atoms with E-state index < -0.39 is 5.82 Å². The zero-order valence-electron chi connectivity index (χ0n) is 19.2. The van der Waals surface area contributed by atoms with E-state index in [0.717, 1.165) is 38.5 Å². The Hall–Kier alpha value is -3.26. The molecule has 1 unspecified atom stereocenters. The van der Waals surface area contributed by atoms with Crippen molar-refractivity contribution in [3.63, 3.8) is 0 Å². The fourth-order valence-electron chi connectivity index (χ4n) is 5.50. The average Bonchev–Trinajstić information content (AvgIpc) is 3.43. The molecule has 2 aromatic carbocycles. The second kappa shape index (κ2) is 9.77. The summed E-state index contributed by atoms with van der Waals surface area (Å²) in [6.07, 6.45) is 7.90. The summed E-state index contributed by atoms with van der Waals surface area (Å²) >= 11 is 6.04. The van der Waals surface area contributed by atoms with E-state index >= 15 is 0 Å². The first-order valence-corrected chi connectivity index (χ1v) is 12.3. The average molecular weight is 497 g/mol. The van der Waals surface area contributed by atoms with Crippen molar-refractivity contribution in [1.82, 2.24) is 20.4 Å². The van der Waals surface area contributed by atoms with Crippen molar-refractivity contribution < 1.29 is 18.5 Å². The van der Waals surface area contributed by atoms with E-state index in [1.54, 1.807) is 18.2 Å². The van der Waals surface area contributed by atoms with Crippen molar-refractivity contribution in [2.75, 3.05) is 6.54 Å². The van der Waals surface area contributed by atoms with E-state index in [0.29, 0.717) is 29.9 Å². The molecular formula is C26H26ClFN4O3. The Labute approximate surface area is 207 Å². The van der Waals surface area contributed by atoms with Crippen LogP contribution in [0.1, 0.15) is 65.7 Å². The highest BCUT2D eigenvalue weighted by atomic mass is 35.5. The maximum Gasteiger partial charge on any atom is 0.254 e. The van der Waals surface area contributed by atoms with Crippen molar-refractivity contribution in [3.05, 3.63) is 70.8 Å². The van der Waals surface area contributed by atoms with E-state index in [2.05, 4.69) is 15.5 Å². The van der Waals surface area contributed by atoms with Gasteiger partial charge in [-0.2, -0.15) is 4.98 Å². The molecule has 2 heterocycles. The molecule has 7 nitrogen and oxygen atoms in total. The predicted octanol–water partition coefficient (Wildman–Crippen LogP) is 5.27. The highest BCUT2D eigenvalue weighted by Gasteiger charge is 2.48. The van der Waals surface area contributed by atoms with Gasteiger partial charge in [0.1, 0.15) is 5.82 Å². The van der Waals surface area contributed by atoms with Crippen LogP contribution in [0.15, 0.2) is 53.4 Å². The SMILES string of the molecule is O=C(NC1CN(C(=O)c2cc(F)cc(Cl)c2)C2(CCCCCC2)C1)c1cccc(-c2ncon2)c1. The molecule has 5 rings (SSSR count). The molecule has 1 saturated carbocycles. The monoisotopic (exact) mass is 496 g/mol. The minimum atomic E-state index is -0.540. The Morgan fingerprint density at radius 2 is 1.89 bits per heavy atom. The number of carbonyl (C=O) groups excluding carboxylic acids is 2. The van der Waals surface area contributed by atoms with Gasteiger partial charge in [-0.3, -0.25) is 9.59 Å². The Morgan fingerprint density at radius 3 is 2.60 bits per heavy atom. The first-order chi connectivity index (χ1) is 16.9. The molecule has 0 radical (unpaired) electrons. The molecule has 2 amide bonds. The van der Waals surface area contributed by atoms with Gasteiger partial charge in [-0.15, -0.1) is 0 Å². The van der Waals surface area contributed by atoms with E-state index in [1.807, 2.05) is 11.0 Å². The number of likely N-dealkylation sites (tertiary alicyclic amines) is 1. The van der Waals surface area contributed by atoms with Gasteiger partial charge in [-0.1, -0.05) is 54.6 Å². The summed E-state index contributed by atoms with van der Waals surface area (Å²) in [6, 6.07) is 10.7. The van der Waals surface area contributed by atoms with Crippen LogP contribution in [-0.2, 0) is 0 Å². The number of nitrogens with one attached hydrogen (secondary N) is 1. The van der Waals surface area contributed by atoms with Gasteiger partial charge in [0.15, 0.2) is 0 Å². The second-order valence-electron chi connectivity index (χ2n) is 9.42. The van der Waals surface area contributed by atoms with Gasteiger partial charge in [0.05, 0.1) is 0 Å². The van der Waals surface area contributed by atoms with Crippen LogP contribution in [0.2, 0.25) is 5.02 Å². The Kier molecular flexibility index (Phi) is 6.56. The smallest absolute Gasteiger partial charge is 0.254 e. The van der Waals surface area contributed by atoms with E-state index in [4.69, 9.17) is 16.1 Å². The minimum absolute atomic E-state index is 0.189. The predicted molar refractivity (Wildman–Crippen MR) is 128 cm³/mol. The zero-order chi connectivity index (χ0) is 24.4. The molecule has 9 heteroatoms. The van der Waals surface area contributed by atoms with Crippen molar-refractivity contribution in [3.8, 4) is 11.4 Å². The van der Waals surface area contributed by atoms with Crippen LogP contribution < -0.4 is 5.32 Å². The molecule has 1 N–H and O–H groups in total. The lowest BCUT2D eigenvalue weighted by Crippen LogP contribution is -2.47. The molecule has 2 aliphatic rings. The van der Waals surface area contributed by atoms with Gasteiger partial charge in [-0.25, -0.2) is 4.39 Å². The molecule has 2 fully saturated rings. The third kappa shape index (κ3) is 4.93. The molecule has 182 valence electrons. The number of hydrogen-bond donors (Lipinski definition) is 1. The number of benzene rings is 2. The van der Waals surface area contributed by atoms with E-state index in [9.17, 15) is 14.0 Å². The number of rotatable bonds is 4. The molecular weight excluding hydrogens is 471 g/mol. The van der Waals surface area contributed by atoms with Crippen LogP contribution in [0, 0.1) is 5.82 Å². The first kappa shape index (κ1) is 23.5. The number of carbonyl (C=O) groups is 2. The first-order valence-electron chi connectivity index (χ1n) is 11.9. The molecule has 1 aliphatic carbocycles. The number of halogens is 2. The molecule has 0 bridgehead atoms. The summed E-state index contributed by atoms with van der Waals surface area (Å²) in [4.78, 5) is 32.6. The Balaban J connectivity index is 1.38.